The molecule has 1 amide bonds. The Morgan fingerprint density at radius 2 is 2.24 bits per heavy atom. The fraction of sp³-hybridized carbons (Fsp3) is 0.200. The van der Waals surface area contributed by atoms with Crippen molar-refractivity contribution in [2.75, 3.05) is 11.1 Å². The Bertz CT molecular complexity index is 786. The maximum atomic E-state index is 12.3. The van der Waals surface area contributed by atoms with E-state index in [1.165, 1.54) is 0 Å². The molecule has 0 unspecified atom stereocenters. The van der Waals surface area contributed by atoms with Crippen LogP contribution < -0.4 is 11.1 Å². The molecule has 0 aliphatic heterocycles. The Morgan fingerprint density at radius 3 is 3.05 bits per heavy atom. The van der Waals surface area contributed by atoms with Gasteiger partial charge in [-0.25, -0.2) is 0 Å². The monoisotopic (exact) mass is 283 g/mol. The number of aryl methyl sites for hydroxylation is 1. The van der Waals surface area contributed by atoms with Crippen LogP contribution in [-0.4, -0.2) is 21.1 Å². The molecule has 0 saturated heterocycles. The van der Waals surface area contributed by atoms with Crippen LogP contribution in [0.2, 0.25) is 0 Å². The molecule has 0 aliphatic carbocycles. The number of nitrogens with zero attached hydrogens (tertiary/aromatic N) is 1. The van der Waals surface area contributed by atoms with Gasteiger partial charge in [0, 0.05) is 34.5 Å². The Kier molecular flexibility index (Phi) is 3.35. The molecule has 6 heteroatoms. The van der Waals surface area contributed by atoms with Gasteiger partial charge in [0.15, 0.2) is 5.82 Å². The molecule has 2 heterocycles. The average Bonchev–Trinajstić information content (AvgIpc) is 3.05. The molecular formula is C15H17N5O. The first-order valence-electron chi connectivity index (χ1n) is 6.89. The number of carbonyl (C=O) groups excluding carboxylic acids is 1. The van der Waals surface area contributed by atoms with Gasteiger partial charge in [-0.1, -0.05) is 13.3 Å². The number of benzene rings is 1. The number of nitrogens with two attached hydrogens (primary N) is 1. The van der Waals surface area contributed by atoms with Gasteiger partial charge in [0.25, 0.3) is 5.91 Å². The minimum atomic E-state index is -0.194. The highest BCUT2D eigenvalue weighted by Gasteiger charge is 2.13. The molecule has 3 aromatic rings. The molecular weight excluding hydrogens is 266 g/mol. The van der Waals surface area contributed by atoms with Gasteiger partial charge in [0.1, 0.15) is 0 Å². The zero-order valence-electron chi connectivity index (χ0n) is 11.7. The zero-order chi connectivity index (χ0) is 14.8. The molecule has 5 N–H and O–H groups in total. The summed E-state index contributed by atoms with van der Waals surface area (Å²) in [5.74, 6) is 0.341. The number of H-pyrrole nitrogens is 2. The Balaban J connectivity index is 1.83. The van der Waals surface area contributed by atoms with Crippen LogP contribution in [0.25, 0.3) is 10.9 Å². The summed E-state index contributed by atoms with van der Waals surface area (Å²) in [6.07, 6.45) is 3.62. The number of aromatic amines is 2. The summed E-state index contributed by atoms with van der Waals surface area (Å²) in [5, 5.41) is 10.6. The molecule has 0 fully saturated rings. The fourth-order valence-electron chi connectivity index (χ4n) is 2.34. The molecule has 3 rings (SSSR count). The molecule has 0 aliphatic rings. The standard InChI is InChI=1S/C15H17N5O/c1-2-3-10-7-14(20-19-10)18-15(21)12-8-17-13-6-9(16)4-5-11(12)13/h4-8,17H,2-3,16H2,1H3,(H2,18,19,20,21). The van der Waals surface area contributed by atoms with E-state index in [0.717, 1.165) is 29.4 Å². The van der Waals surface area contributed by atoms with Crippen LogP contribution in [0.1, 0.15) is 29.4 Å². The van der Waals surface area contributed by atoms with Crippen LogP contribution in [-0.2, 0) is 6.42 Å². The second-order valence-electron chi connectivity index (χ2n) is 4.99. The molecule has 2 aromatic heterocycles. The number of amides is 1. The number of carbonyl (C=O) groups is 1. The maximum Gasteiger partial charge on any atom is 0.259 e. The second-order valence-corrected chi connectivity index (χ2v) is 4.99. The molecule has 0 bridgehead atoms. The predicted molar refractivity (Wildman–Crippen MR) is 83.2 cm³/mol. The second kappa shape index (κ2) is 5.32. The summed E-state index contributed by atoms with van der Waals surface area (Å²) in [6, 6.07) is 7.28. The minimum Gasteiger partial charge on any atom is -0.399 e. The third-order valence-electron chi connectivity index (χ3n) is 3.34. The molecule has 1 aromatic carbocycles. The van der Waals surface area contributed by atoms with Crippen LogP contribution in [0.5, 0.6) is 0 Å². The summed E-state index contributed by atoms with van der Waals surface area (Å²) in [6.45, 7) is 2.09. The lowest BCUT2D eigenvalue weighted by Gasteiger charge is -2.00. The molecule has 6 nitrogen and oxygen atoms in total. The molecule has 0 spiro atoms. The van der Waals surface area contributed by atoms with E-state index in [1.807, 2.05) is 12.1 Å². The van der Waals surface area contributed by atoms with Crippen molar-refractivity contribution >= 4 is 28.3 Å². The van der Waals surface area contributed by atoms with E-state index in [0.29, 0.717) is 17.1 Å². The van der Waals surface area contributed by atoms with Gasteiger partial charge in [-0.15, -0.1) is 0 Å². The van der Waals surface area contributed by atoms with Crippen LogP contribution >= 0.6 is 0 Å². The first kappa shape index (κ1) is 13.2. The van der Waals surface area contributed by atoms with Crippen molar-refractivity contribution in [3.05, 3.63) is 41.7 Å². The number of nitrogen functional groups attached to an aromatic ring is 1. The lowest BCUT2D eigenvalue weighted by Crippen LogP contribution is -2.11. The summed E-state index contributed by atoms with van der Waals surface area (Å²) < 4.78 is 0. The van der Waals surface area contributed by atoms with Crippen molar-refractivity contribution in [3.8, 4) is 0 Å². The molecule has 21 heavy (non-hydrogen) atoms. The number of hydrogen-bond donors (Lipinski definition) is 4. The maximum absolute atomic E-state index is 12.3. The Labute approximate surface area is 121 Å². The predicted octanol–water partition coefficient (Wildman–Crippen LogP) is 2.68. The Hall–Kier alpha value is -2.76. The smallest absolute Gasteiger partial charge is 0.259 e. The largest absolute Gasteiger partial charge is 0.399 e. The van der Waals surface area contributed by atoms with Crippen LogP contribution in [0, 0.1) is 0 Å². The van der Waals surface area contributed by atoms with Crippen molar-refractivity contribution in [2.45, 2.75) is 19.8 Å². The minimum absolute atomic E-state index is 0.194. The third kappa shape index (κ3) is 2.60. The number of rotatable bonds is 4. The van der Waals surface area contributed by atoms with Gasteiger partial charge in [-0.2, -0.15) is 5.10 Å². The van der Waals surface area contributed by atoms with Gasteiger partial charge >= 0.3 is 0 Å². The zero-order valence-corrected chi connectivity index (χ0v) is 11.7. The van der Waals surface area contributed by atoms with E-state index in [9.17, 15) is 4.79 Å². The number of hydrogen-bond acceptors (Lipinski definition) is 3. The van der Waals surface area contributed by atoms with Crippen molar-refractivity contribution < 1.29 is 4.79 Å². The highest BCUT2D eigenvalue weighted by atomic mass is 16.1. The SMILES string of the molecule is CCCc1cc(NC(=O)c2c[nH]c3cc(N)ccc23)n[nH]1. The van der Waals surface area contributed by atoms with Gasteiger partial charge in [-0.3, -0.25) is 9.89 Å². The van der Waals surface area contributed by atoms with Gasteiger partial charge in [-0.05, 0) is 24.6 Å². The first-order chi connectivity index (χ1) is 10.2. The molecule has 108 valence electrons. The third-order valence-corrected chi connectivity index (χ3v) is 3.34. The average molecular weight is 283 g/mol. The van der Waals surface area contributed by atoms with Crippen molar-refractivity contribution in [1.29, 1.82) is 0 Å². The van der Waals surface area contributed by atoms with E-state index in [4.69, 9.17) is 5.73 Å². The van der Waals surface area contributed by atoms with Crippen molar-refractivity contribution in [1.82, 2.24) is 15.2 Å². The lowest BCUT2D eigenvalue weighted by atomic mass is 10.1. The number of anilines is 2. The number of nitrogens with one attached hydrogen (secondary N) is 3. The van der Waals surface area contributed by atoms with Gasteiger partial charge in [0.2, 0.25) is 0 Å². The van der Waals surface area contributed by atoms with E-state index in [-0.39, 0.29) is 5.91 Å². The molecule has 0 radical (unpaired) electrons. The van der Waals surface area contributed by atoms with Crippen LogP contribution in [0.4, 0.5) is 11.5 Å². The van der Waals surface area contributed by atoms with Gasteiger partial charge in [0.05, 0.1) is 5.56 Å². The molecule has 0 atom stereocenters. The highest BCUT2D eigenvalue weighted by molar-refractivity contribution is 6.12. The van der Waals surface area contributed by atoms with E-state index >= 15 is 0 Å². The fourth-order valence-corrected chi connectivity index (χ4v) is 2.34. The Morgan fingerprint density at radius 1 is 1.38 bits per heavy atom. The van der Waals surface area contributed by atoms with Crippen LogP contribution in [0.3, 0.4) is 0 Å². The summed E-state index contributed by atoms with van der Waals surface area (Å²) in [4.78, 5) is 15.4. The van der Waals surface area contributed by atoms with Gasteiger partial charge < -0.3 is 16.0 Å². The van der Waals surface area contributed by atoms with E-state index in [1.54, 1.807) is 18.3 Å². The van der Waals surface area contributed by atoms with Crippen molar-refractivity contribution in [3.63, 3.8) is 0 Å². The number of fused-ring (bicyclic) bond motifs is 1. The first-order valence-corrected chi connectivity index (χ1v) is 6.89. The topological polar surface area (TPSA) is 99.6 Å². The molecule has 0 saturated carbocycles. The van der Waals surface area contributed by atoms with Crippen molar-refractivity contribution in [2.24, 2.45) is 0 Å². The number of aromatic nitrogens is 3. The van der Waals surface area contributed by atoms with E-state index < -0.39 is 0 Å². The quantitative estimate of drug-likeness (QED) is 0.554. The summed E-state index contributed by atoms with van der Waals surface area (Å²) in [5.41, 5.74) is 8.82. The summed E-state index contributed by atoms with van der Waals surface area (Å²) >= 11 is 0. The summed E-state index contributed by atoms with van der Waals surface area (Å²) in [7, 11) is 0. The normalized spacial score (nSPS) is 10.9. The van der Waals surface area contributed by atoms with Crippen LogP contribution in [0.15, 0.2) is 30.5 Å². The highest BCUT2D eigenvalue weighted by Crippen LogP contribution is 2.21. The lowest BCUT2D eigenvalue weighted by molar-refractivity contribution is 0.102. The van der Waals surface area contributed by atoms with E-state index in [2.05, 4.69) is 27.4 Å².